The Morgan fingerprint density at radius 3 is 2.58 bits per heavy atom. The lowest BCUT2D eigenvalue weighted by Crippen LogP contribution is -2.33. The molecular weight excluding hydrogens is 260 g/mol. The highest BCUT2D eigenvalue weighted by Crippen LogP contribution is 2.23. The summed E-state index contributed by atoms with van der Waals surface area (Å²) in [7, 11) is -2.83. The number of nitrogens with one attached hydrogen (secondary N) is 1. The molecule has 0 aliphatic carbocycles. The average molecular weight is 282 g/mol. The van der Waals surface area contributed by atoms with Gasteiger partial charge >= 0.3 is 0 Å². The van der Waals surface area contributed by atoms with Crippen LogP contribution in [0.3, 0.4) is 0 Å². The summed E-state index contributed by atoms with van der Waals surface area (Å²) in [5.74, 6) is 0.566. The van der Waals surface area contributed by atoms with Gasteiger partial charge in [0.15, 0.2) is 9.84 Å². The van der Waals surface area contributed by atoms with E-state index in [4.69, 9.17) is 0 Å². The predicted molar refractivity (Wildman–Crippen MR) is 77.1 cm³/mol. The summed E-state index contributed by atoms with van der Waals surface area (Å²) in [5.41, 5.74) is 4.45. The second-order valence-corrected chi connectivity index (χ2v) is 7.80. The van der Waals surface area contributed by atoms with Crippen LogP contribution in [-0.4, -0.2) is 30.9 Å². The molecule has 0 spiro atoms. The molecule has 1 saturated heterocycles. The minimum atomic E-state index is -2.83. The van der Waals surface area contributed by atoms with Crippen molar-refractivity contribution in [1.29, 1.82) is 0 Å². The van der Waals surface area contributed by atoms with Gasteiger partial charge in [0.1, 0.15) is 0 Å². The van der Waals surface area contributed by atoms with E-state index < -0.39 is 9.84 Å². The lowest BCUT2D eigenvalue weighted by Gasteiger charge is -2.22. The SMILES string of the molecule is Cc1cc(C)c(C(C)NC2CCS(=O)(=O)C2)c(C)n1. The predicted octanol–water partition coefficient (Wildman–Crippen LogP) is 1.84. The Morgan fingerprint density at radius 1 is 1.37 bits per heavy atom. The third-order valence-electron chi connectivity index (χ3n) is 3.74. The maximum absolute atomic E-state index is 11.5. The van der Waals surface area contributed by atoms with Crippen LogP contribution in [0.5, 0.6) is 0 Å². The second-order valence-electron chi connectivity index (χ2n) is 5.57. The second kappa shape index (κ2) is 5.21. The number of aryl methyl sites for hydroxylation is 3. The molecule has 2 unspecified atom stereocenters. The third kappa shape index (κ3) is 3.34. The molecule has 2 heterocycles. The standard InChI is InChI=1S/C14H22N2O2S/c1-9-7-10(2)15-11(3)14(9)12(4)16-13-5-6-19(17,18)8-13/h7,12-13,16H,5-6,8H2,1-4H3. The molecule has 2 rings (SSSR count). The van der Waals surface area contributed by atoms with Crippen molar-refractivity contribution in [2.45, 2.75) is 46.2 Å². The first-order valence-corrected chi connectivity index (χ1v) is 8.52. The number of pyridine rings is 1. The number of nitrogens with zero attached hydrogens (tertiary/aromatic N) is 1. The zero-order chi connectivity index (χ0) is 14.2. The van der Waals surface area contributed by atoms with Crippen molar-refractivity contribution < 1.29 is 8.42 Å². The van der Waals surface area contributed by atoms with Crippen molar-refractivity contribution >= 4 is 9.84 Å². The number of sulfone groups is 1. The van der Waals surface area contributed by atoms with Crippen molar-refractivity contribution in [2.75, 3.05) is 11.5 Å². The molecule has 5 heteroatoms. The van der Waals surface area contributed by atoms with E-state index in [1.807, 2.05) is 13.8 Å². The van der Waals surface area contributed by atoms with Gasteiger partial charge in [-0.1, -0.05) is 0 Å². The molecule has 4 nitrogen and oxygen atoms in total. The molecule has 0 aromatic carbocycles. The fourth-order valence-electron chi connectivity index (χ4n) is 3.05. The summed E-state index contributed by atoms with van der Waals surface area (Å²) in [5, 5.41) is 3.43. The monoisotopic (exact) mass is 282 g/mol. The largest absolute Gasteiger partial charge is 0.306 e. The van der Waals surface area contributed by atoms with Gasteiger partial charge in [-0.3, -0.25) is 4.98 Å². The molecule has 1 fully saturated rings. The van der Waals surface area contributed by atoms with Crippen molar-refractivity contribution in [3.05, 3.63) is 28.6 Å². The lowest BCUT2D eigenvalue weighted by molar-refractivity contribution is 0.481. The van der Waals surface area contributed by atoms with Gasteiger partial charge in [-0.15, -0.1) is 0 Å². The molecule has 0 saturated carbocycles. The van der Waals surface area contributed by atoms with Gasteiger partial charge < -0.3 is 5.32 Å². The maximum Gasteiger partial charge on any atom is 0.151 e. The van der Waals surface area contributed by atoms with Crippen LogP contribution in [0, 0.1) is 20.8 Å². The molecule has 0 radical (unpaired) electrons. The van der Waals surface area contributed by atoms with E-state index >= 15 is 0 Å². The molecule has 0 bridgehead atoms. The van der Waals surface area contributed by atoms with Crippen molar-refractivity contribution in [3.63, 3.8) is 0 Å². The molecule has 1 aliphatic heterocycles. The number of rotatable bonds is 3. The molecule has 1 N–H and O–H groups in total. The summed E-state index contributed by atoms with van der Waals surface area (Å²) in [6, 6.07) is 2.28. The van der Waals surface area contributed by atoms with Crippen LogP contribution in [0.15, 0.2) is 6.07 Å². The molecule has 106 valence electrons. The van der Waals surface area contributed by atoms with E-state index in [2.05, 4.69) is 30.2 Å². The summed E-state index contributed by atoms with van der Waals surface area (Å²) >= 11 is 0. The van der Waals surface area contributed by atoms with E-state index in [9.17, 15) is 8.42 Å². The van der Waals surface area contributed by atoms with Gasteiger partial charge in [0, 0.05) is 23.5 Å². The van der Waals surface area contributed by atoms with Crippen molar-refractivity contribution in [1.82, 2.24) is 10.3 Å². The molecule has 19 heavy (non-hydrogen) atoms. The third-order valence-corrected chi connectivity index (χ3v) is 5.50. The molecule has 2 atom stereocenters. The first-order chi connectivity index (χ1) is 8.78. The van der Waals surface area contributed by atoms with Crippen LogP contribution in [0.25, 0.3) is 0 Å². The Kier molecular flexibility index (Phi) is 3.97. The Hall–Kier alpha value is -0.940. The van der Waals surface area contributed by atoms with Crippen molar-refractivity contribution in [2.24, 2.45) is 0 Å². The Balaban J connectivity index is 2.15. The Bertz CT molecular complexity index is 558. The van der Waals surface area contributed by atoms with E-state index in [1.54, 1.807) is 0 Å². The first kappa shape index (κ1) is 14.5. The van der Waals surface area contributed by atoms with E-state index in [-0.39, 0.29) is 17.8 Å². The van der Waals surface area contributed by atoms with Crippen LogP contribution in [0.1, 0.15) is 41.9 Å². The fourth-order valence-corrected chi connectivity index (χ4v) is 4.74. The summed E-state index contributed by atoms with van der Waals surface area (Å²) in [6.07, 6.45) is 0.712. The average Bonchev–Trinajstić information content (AvgIpc) is 2.56. The quantitative estimate of drug-likeness (QED) is 0.919. The maximum atomic E-state index is 11.5. The fraction of sp³-hybridized carbons (Fsp3) is 0.643. The molecule has 0 amide bonds. The molecule has 1 aromatic heterocycles. The van der Waals surface area contributed by atoms with Gasteiger partial charge in [-0.05, 0) is 51.3 Å². The zero-order valence-corrected chi connectivity index (χ0v) is 12.8. The van der Waals surface area contributed by atoms with Gasteiger partial charge in [0.05, 0.1) is 11.5 Å². The highest BCUT2D eigenvalue weighted by atomic mass is 32.2. The number of hydrogen-bond donors (Lipinski definition) is 1. The highest BCUT2D eigenvalue weighted by molar-refractivity contribution is 7.91. The molecule has 1 aromatic rings. The molecular formula is C14H22N2O2S. The minimum Gasteiger partial charge on any atom is -0.306 e. The molecule has 1 aliphatic rings. The topological polar surface area (TPSA) is 59.1 Å². The van der Waals surface area contributed by atoms with Crippen LogP contribution < -0.4 is 5.32 Å². The highest BCUT2D eigenvalue weighted by Gasteiger charge is 2.29. The lowest BCUT2D eigenvalue weighted by atomic mass is 9.99. The van der Waals surface area contributed by atoms with Gasteiger partial charge in [0.2, 0.25) is 0 Å². The summed E-state index contributed by atoms with van der Waals surface area (Å²) < 4.78 is 23.0. The van der Waals surface area contributed by atoms with E-state index in [0.29, 0.717) is 12.2 Å². The van der Waals surface area contributed by atoms with E-state index in [1.165, 1.54) is 11.1 Å². The van der Waals surface area contributed by atoms with Gasteiger partial charge in [0.25, 0.3) is 0 Å². The van der Waals surface area contributed by atoms with Crippen LogP contribution in [0.4, 0.5) is 0 Å². The smallest absolute Gasteiger partial charge is 0.151 e. The first-order valence-electron chi connectivity index (χ1n) is 6.70. The zero-order valence-electron chi connectivity index (χ0n) is 12.0. The minimum absolute atomic E-state index is 0.0695. The van der Waals surface area contributed by atoms with Crippen LogP contribution >= 0.6 is 0 Å². The Labute approximate surface area is 115 Å². The Morgan fingerprint density at radius 2 is 2.05 bits per heavy atom. The van der Waals surface area contributed by atoms with Crippen LogP contribution in [0.2, 0.25) is 0 Å². The number of hydrogen-bond acceptors (Lipinski definition) is 4. The van der Waals surface area contributed by atoms with Gasteiger partial charge in [-0.25, -0.2) is 8.42 Å². The summed E-state index contributed by atoms with van der Waals surface area (Å²) in [4.78, 5) is 4.50. The normalized spacial score (nSPS) is 23.5. The van der Waals surface area contributed by atoms with E-state index in [0.717, 1.165) is 11.4 Å². The van der Waals surface area contributed by atoms with Crippen molar-refractivity contribution in [3.8, 4) is 0 Å². The van der Waals surface area contributed by atoms with Gasteiger partial charge in [-0.2, -0.15) is 0 Å². The number of aromatic nitrogens is 1. The van der Waals surface area contributed by atoms with Crippen LogP contribution in [-0.2, 0) is 9.84 Å². The summed E-state index contributed by atoms with van der Waals surface area (Å²) in [6.45, 7) is 8.17.